The van der Waals surface area contributed by atoms with E-state index in [9.17, 15) is 4.79 Å². The summed E-state index contributed by atoms with van der Waals surface area (Å²) in [6, 6.07) is 16.9. The molecule has 0 saturated heterocycles. The summed E-state index contributed by atoms with van der Waals surface area (Å²) in [5, 5.41) is 4.17. The molecule has 0 N–H and O–H groups in total. The van der Waals surface area contributed by atoms with Crippen LogP contribution in [0.3, 0.4) is 0 Å². The van der Waals surface area contributed by atoms with Crippen LogP contribution in [0, 0.1) is 0 Å². The number of carbonyl (C=O) groups excluding carboxylic acids is 1. The Balaban J connectivity index is 1.42. The molecule has 3 aromatic rings. The highest BCUT2D eigenvalue weighted by Gasteiger charge is 2.07. The molecule has 0 radical (unpaired) electrons. The van der Waals surface area contributed by atoms with E-state index in [1.165, 1.54) is 0 Å². The van der Waals surface area contributed by atoms with Crippen molar-refractivity contribution in [3.05, 3.63) is 72.6 Å². The molecule has 0 saturated carbocycles. The number of ether oxygens (including phenoxy) is 3. The van der Waals surface area contributed by atoms with Gasteiger partial charge in [0.15, 0.2) is 11.5 Å². The van der Waals surface area contributed by atoms with Crippen LogP contribution in [-0.4, -0.2) is 29.5 Å². The zero-order chi connectivity index (χ0) is 18.2. The molecule has 1 aromatic heterocycles. The summed E-state index contributed by atoms with van der Waals surface area (Å²) in [5.41, 5.74) is 1.87. The van der Waals surface area contributed by atoms with E-state index in [-0.39, 0.29) is 25.6 Å². The average Bonchev–Trinajstić information content (AvgIpc) is 3.22. The van der Waals surface area contributed by atoms with Crippen molar-refractivity contribution in [2.45, 2.75) is 13.0 Å². The molecule has 26 heavy (non-hydrogen) atoms. The van der Waals surface area contributed by atoms with Gasteiger partial charge in [0.2, 0.25) is 0 Å². The molecule has 0 atom stereocenters. The van der Waals surface area contributed by atoms with Gasteiger partial charge >= 0.3 is 5.97 Å². The Morgan fingerprint density at radius 2 is 1.81 bits per heavy atom. The summed E-state index contributed by atoms with van der Waals surface area (Å²) in [4.78, 5) is 11.9. The SMILES string of the molecule is COc1ccccc1OCCC(=O)OCc1ccc(-n2cccn2)cc1. The Morgan fingerprint density at radius 1 is 1.04 bits per heavy atom. The zero-order valence-corrected chi connectivity index (χ0v) is 14.5. The largest absolute Gasteiger partial charge is 0.493 e. The first-order valence-electron chi connectivity index (χ1n) is 8.26. The highest BCUT2D eigenvalue weighted by molar-refractivity contribution is 5.69. The van der Waals surface area contributed by atoms with E-state index in [2.05, 4.69) is 5.10 Å². The van der Waals surface area contributed by atoms with Crippen LogP contribution in [-0.2, 0) is 16.1 Å². The van der Waals surface area contributed by atoms with Crippen molar-refractivity contribution >= 4 is 5.97 Å². The Bertz CT molecular complexity index is 829. The predicted octanol–water partition coefficient (Wildman–Crippen LogP) is 3.39. The molecule has 0 amide bonds. The smallest absolute Gasteiger partial charge is 0.309 e. The molecule has 6 nitrogen and oxygen atoms in total. The number of benzene rings is 2. The van der Waals surface area contributed by atoms with Gasteiger partial charge in [0.25, 0.3) is 0 Å². The van der Waals surface area contributed by atoms with Gasteiger partial charge in [-0.1, -0.05) is 24.3 Å². The van der Waals surface area contributed by atoms with Gasteiger partial charge in [0.05, 0.1) is 25.8 Å². The quantitative estimate of drug-likeness (QED) is 0.582. The molecule has 0 fully saturated rings. The molecule has 0 aliphatic rings. The fourth-order valence-corrected chi connectivity index (χ4v) is 2.38. The summed E-state index contributed by atoms with van der Waals surface area (Å²) in [6.45, 7) is 0.463. The van der Waals surface area contributed by atoms with Gasteiger partial charge in [0.1, 0.15) is 6.61 Å². The third-order valence-corrected chi connectivity index (χ3v) is 3.74. The normalized spacial score (nSPS) is 10.3. The number of aromatic nitrogens is 2. The van der Waals surface area contributed by atoms with E-state index in [0.29, 0.717) is 11.5 Å². The molecule has 1 heterocycles. The first kappa shape index (κ1) is 17.5. The second-order valence-corrected chi connectivity index (χ2v) is 5.53. The number of methoxy groups -OCH3 is 1. The lowest BCUT2D eigenvalue weighted by Crippen LogP contribution is -2.10. The van der Waals surface area contributed by atoms with Crippen LogP contribution in [0.4, 0.5) is 0 Å². The minimum absolute atomic E-state index is 0.170. The van der Waals surface area contributed by atoms with E-state index in [1.807, 2.05) is 48.7 Å². The van der Waals surface area contributed by atoms with Gasteiger partial charge in [-0.2, -0.15) is 5.10 Å². The van der Waals surface area contributed by atoms with Crippen LogP contribution in [0.2, 0.25) is 0 Å². The minimum Gasteiger partial charge on any atom is -0.493 e. The molecule has 134 valence electrons. The third-order valence-electron chi connectivity index (χ3n) is 3.74. The van der Waals surface area contributed by atoms with Crippen molar-refractivity contribution in [2.75, 3.05) is 13.7 Å². The summed E-state index contributed by atoms with van der Waals surface area (Å²) in [6.07, 6.45) is 3.77. The highest BCUT2D eigenvalue weighted by Crippen LogP contribution is 2.25. The maximum absolute atomic E-state index is 11.9. The van der Waals surface area contributed by atoms with E-state index >= 15 is 0 Å². The van der Waals surface area contributed by atoms with E-state index < -0.39 is 0 Å². The molecular weight excluding hydrogens is 332 g/mol. The number of esters is 1. The fraction of sp³-hybridized carbons (Fsp3) is 0.200. The van der Waals surface area contributed by atoms with E-state index in [0.717, 1.165) is 11.3 Å². The van der Waals surface area contributed by atoms with Crippen LogP contribution >= 0.6 is 0 Å². The molecule has 2 aromatic carbocycles. The number of carbonyl (C=O) groups is 1. The molecule has 0 spiro atoms. The van der Waals surface area contributed by atoms with Crippen LogP contribution in [0.1, 0.15) is 12.0 Å². The van der Waals surface area contributed by atoms with Gasteiger partial charge in [-0.3, -0.25) is 4.79 Å². The Kier molecular flexibility index (Phi) is 5.88. The molecule has 3 rings (SSSR count). The van der Waals surface area contributed by atoms with Crippen molar-refractivity contribution in [1.29, 1.82) is 0 Å². The van der Waals surface area contributed by atoms with Gasteiger partial charge in [0, 0.05) is 12.4 Å². The number of hydrogen-bond donors (Lipinski definition) is 0. The maximum atomic E-state index is 11.9. The molecule has 0 bridgehead atoms. The fourth-order valence-electron chi connectivity index (χ4n) is 2.38. The van der Waals surface area contributed by atoms with Crippen LogP contribution in [0.15, 0.2) is 67.0 Å². The zero-order valence-electron chi connectivity index (χ0n) is 14.5. The Labute approximate surface area is 151 Å². The first-order valence-corrected chi connectivity index (χ1v) is 8.26. The van der Waals surface area contributed by atoms with Gasteiger partial charge in [-0.05, 0) is 35.9 Å². The monoisotopic (exact) mass is 352 g/mol. The summed E-state index contributed by atoms with van der Waals surface area (Å²) in [7, 11) is 1.58. The summed E-state index contributed by atoms with van der Waals surface area (Å²) in [5.74, 6) is 0.936. The molecule has 0 aliphatic carbocycles. The standard InChI is InChI=1S/C20H20N2O4/c1-24-18-5-2-3-6-19(18)25-14-11-20(23)26-15-16-7-9-17(10-8-16)22-13-4-12-21-22/h2-10,12-13H,11,14-15H2,1H3. The van der Waals surface area contributed by atoms with Gasteiger partial charge in [-0.25, -0.2) is 4.68 Å². The summed E-state index contributed by atoms with van der Waals surface area (Å²) < 4.78 is 17.8. The lowest BCUT2D eigenvalue weighted by Gasteiger charge is -2.10. The number of para-hydroxylation sites is 2. The van der Waals surface area contributed by atoms with Crippen molar-refractivity contribution in [2.24, 2.45) is 0 Å². The molecular formula is C20H20N2O4. The molecule has 6 heteroatoms. The van der Waals surface area contributed by atoms with Crippen LogP contribution < -0.4 is 9.47 Å². The van der Waals surface area contributed by atoms with E-state index in [1.54, 1.807) is 30.1 Å². The lowest BCUT2D eigenvalue weighted by molar-refractivity contribution is -0.145. The van der Waals surface area contributed by atoms with Crippen molar-refractivity contribution < 1.29 is 19.0 Å². The maximum Gasteiger partial charge on any atom is 0.309 e. The van der Waals surface area contributed by atoms with Crippen molar-refractivity contribution in [3.63, 3.8) is 0 Å². The average molecular weight is 352 g/mol. The predicted molar refractivity (Wildman–Crippen MR) is 96.5 cm³/mol. The summed E-state index contributed by atoms with van der Waals surface area (Å²) >= 11 is 0. The lowest BCUT2D eigenvalue weighted by atomic mass is 10.2. The van der Waals surface area contributed by atoms with Crippen LogP contribution in [0.5, 0.6) is 11.5 Å². The second-order valence-electron chi connectivity index (χ2n) is 5.53. The molecule has 0 unspecified atom stereocenters. The Morgan fingerprint density at radius 3 is 2.50 bits per heavy atom. The number of hydrogen-bond acceptors (Lipinski definition) is 5. The minimum atomic E-state index is -0.309. The van der Waals surface area contributed by atoms with Gasteiger partial charge in [-0.15, -0.1) is 0 Å². The van der Waals surface area contributed by atoms with Crippen molar-refractivity contribution in [3.8, 4) is 17.2 Å². The molecule has 0 aliphatic heterocycles. The number of nitrogens with zero attached hydrogens (tertiary/aromatic N) is 2. The third kappa shape index (κ3) is 4.63. The van der Waals surface area contributed by atoms with Gasteiger partial charge < -0.3 is 14.2 Å². The number of rotatable bonds is 8. The van der Waals surface area contributed by atoms with Crippen LogP contribution in [0.25, 0.3) is 5.69 Å². The first-order chi connectivity index (χ1) is 12.8. The second kappa shape index (κ2) is 8.71. The topological polar surface area (TPSA) is 62.6 Å². The highest BCUT2D eigenvalue weighted by atomic mass is 16.5. The van der Waals surface area contributed by atoms with Crippen molar-refractivity contribution in [1.82, 2.24) is 9.78 Å². The van der Waals surface area contributed by atoms with E-state index in [4.69, 9.17) is 14.2 Å². The Hall–Kier alpha value is -3.28.